The molecule has 2 aromatic rings. The van der Waals surface area contributed by atoms with Gasteiger partial charge >= 0.3 is 0 Å². The molecule has 0 unspecified atom stereocenters. The standard InChI is InChI=1S/C15H11FN2O2/c16-12-2-1-3-13(11(12)7-17)18-8-10-4-5-14-15(6-10)20-9-19-14/h1-6,18H,8-9H2. The zero-order valence-electron chi connectivity index (χ0n) is 10.5. The molecule has 0 spiro atoms. The molecule has 3 rings (SSSR count). The fourth-order valence-corrected chi connectivity index (χ4v) is 2.03. The first-order valence-corrected chi connectivity index (χ1v) is 6.09. The smallest absolute Gasteiger partial charge is 0.231 e. The Bertz CT molecular complexity index is 695. The van der Waals surface area contributed by atoms with Crippen LogP contribution in [0.15, 0.2) is 36.4 Å². The van der Waals surface area contributed by atoms with Crippen molar-refractivity contribution in [2.75, 3.05) is 12.1 Å². The third-order valence-corrected chi connectivity index (χ3v) is 3.05. The van der Waals surface area contributed by atoms with Crippen molar-refractivity contribution in [2.45, 2.75) is 6.54 Å². The van der Waals surface area contributed by atoms with E-state index >= 15 is 0 Å². The molecule has 0 bridgehead atoms. The Balaban J connectivity index is 1.77. The Morgan fingerprint density at radius 3 is 2.90 bits per heavy atom. The fourth-order valence-electron chi connectivity index (χ4n) is 2.03. The van der Waals surface area contributed by atoms with E-state index in [1.54, 1.807) is 12.1 Å². The molecule has 0 atom stereocenters. The van der Waals surface area contributed by atoms with Crippen LogP contribution in [0.2, 0.25) is 0 Å². The van der Waals surface area contributed by atoms with Crippen LogP contribution in [0.4, 0.5) is 10.1 Å². The number of nitriles is 1. The molecular formula is C15H11FN2O2. The summed E-state index contributed by atoms with van der Waals surface area (Å²) in [5, 5.41) is 12.0. The molecule has 1 N–H and O–H groups in total. The first-order valence-electron chi connectivity index (χ1n) is 6.09. The Morgan fingerprint density at radius 2 is 2.05 bits per heavy atom. The van der Waals surface area contributed by atoms with E-state index in [-0.39, 0.29) is 12.4 Å². The van der Waals surface area contributed by atoms with Crippen molar-refractivity contribution in [1.82, 2.24) is 0 Å². The minimum atomic E-state index is -0.525. The predicted molar refractivity (Wildman–Crippen MR) is 71.0 cm³/mol. The zero-order valence-corrected chi connectivity index (χ0v) is 10.5. The second-order valence-corrected chi connectivity index (χ2v) is 4.32. The van der Waals surface area contributed by atoms with Crippen molar-refractivity contribution in [3.05, 3.63) is 53.3 Å². The van der Waals surface area contributed by atoms with E-state index in [4.69, 9.17) is 14.7 Å². The number of rotatable bonds is 3. The van der Waals surface area contributed by atoms with Gasteiger partial charge < -0.3 is 14.8 Å². The van der Waals surface area contributed by atoms with Gasteiger partial charge in [0.25, 0.3) is 0 Å². The van der Waals surface area contributed by atoms with E-state index in [2.05, 4.69) is 5.32 Å². The van der Waals surface area contributed by atoms with Crippen LogP contribution in [0.1, 0.15) is 11.1 Å². The summed E-state index contributed by atoms with van der Waals surface area (Å²) >= 11 is 0. The zero-order chi connectivity index (χ0) is 13.9. The van der Waals surface area contributed by atoms with Crippen molar-refractivity contribution in [3.8, 4) is 17.6 Å². The number of fused-ring (bicyclic) bond motifs is 1. The molecule has 1 aliphatic rings. The molecule has 0 saturated heterocycles. The summed E-state index contributed by atoms with van der Waals surface area (Å²) in [5.74, 6) is 0.893. The van der Waals surface area contributed by atoms with Crippen LogP contribution >= 0.6 is 0 Å². The predicted octanol–water partition coefficient (Wildman–Crippen LogP) is 3.04. The Hall–Kier alpha value is -2.74. The number of ether oxygens (including phenoxy) is 2. The van der Waals surface area contributed by atoms with Crippen molar-refractivity contribution >= 4 is 5.69 Å². The number of nitrogens with one attached hydrogen (secondary N) is 1. The summed E-state index contributed by atoms with van der Waals surface area (Å²) in [6.45, 7) is 0.698. The molecule has 4 nitrogen and oxygen atoms in total. The van der Waals surface area contributed by atoms with Crippen LogP contribution in [0.5, 0.6) is 11.5 Å². The fraction of sp³-hybridized carbons (Fsp3) is 0.133. The van der Waals surface area contributed by atoms with Gasteiger partial charge in [-0.25, -0.2) is 4.39 Å². The third kappa shape index (κ3) is 2.24. The molecule has 0 fully saturated rings. The number of anilines is 1. The molecule has 2 aromatic carbocycles. The van der Waals surface area contributed by atoms with Crippen LogP contribution in [0, 0.1) is 17.1 Å². The Morgan fingerprint density at radius 1 is 1.20 bits per heavy atom. The van der Waals surface area contributed by atoms with Gasteiger partial charge in [0.05, 0.1) is 5.69 Å². The van der Waals surface area contributed by atoms with Crippen LogP contribution < -0.4 is 14.8 Å². The number of nitrogens with zero attached hydrogens (tertiary/aromatic N) is 1. The first-order chi connectivity index (χ1) is 9.78. The molecule has 5 heteroatoms. The summed E-state index contributed by atoms with van der Waals surface area (Å²) in [4.78, 5) is 0. The Kier molecular flexibility index (Phi) is 3.13. The molecule has 0 saturated carbocycles. The van der Waals surface area contributed by atoms with E-state index in [0.29, 0.717) is 18.0 Å². The second kappa shape index (κ2) is 5.10. The molecule has 0 aliphatic carbocycles. The maximum Gasteiger partial charge on any atom is 0.231 e. The number of hydrogen-bond donors (Lipinski definition) is 1. The highest BCUT2D eigenvalue weighted by Crippen LogP contribution is 2.32. The highest BCUT2D eigenvalue weighted by Gasteiger charge is 2.13. The summed E-state index contributed by atoms with van der Waals surface area (Å²) in [7, 11) is 0. The normalized spacial score (nSPS) is 12.0. The quantitative estimate of drug-likeness (QED) is 0.931. The van der Waals surface area contributed by atoms with Crippen molar-refractivity contribution in [3.63, 3.8) is 0 Å². The van der Waals surface area contributed by atoms with Gasteiger partial charge in [0.15, 0.2) is 11.5 Å². The molecule has 1 aliphatic heterocycles. The first kappa shape index (κ1) is 12.3. The summed E-state index contributed by atoms with van der Waals surface area (Å²) in [5.41, 5.74) is 1.46. The average molecular weight is 270 g/mol. The topological polar surface area (TPSA) is 54.3 Å². The minimum absolute atomic E-state index is 0.0215. The van der Waals surface area contributed by atoms with Gasteiger partial charge in [0, 0.05) is 6.54 Å². The van der Waals surface area contributed by atoms with Gasteiger partial charge in [-0.05, 0) is 29.8 Å². The highest BCUT2D eigenvalue weighted by atomic mass is 19.1. The molecule has 0 aromatic heterocycles. The van der Waals surface area contributed by atoms with E-state index < -0.39 is 5.82 Å². The average Bonchev–Trinajstić information content (AvgIpc) is 2.92. The molecule has 0 radical (unpaired) electrons. The van der Waals surface area contributed by atoms with E-state index in [0.717, 1.165) is 11.3 Å². The Labute approximate surface area is 115 Å². The van der Waals surface area contributed by atoms with Crippen LogP contribution in [0.3, 0.4) is 0 Å². The van der Waals surface area contributed by atoms with Crippen molar-refractivity contribution in [2.24, 2.45) is 0 Å². The summed E-state index contributed by atoms with van der Waals surface area (Å²) < 4.78 is 24.0. The van der Waals surface area contributed by atoms with Crippen molar-refractivity contribution in [1.29, 1.82) is 5.26 Å². The summed E-state index contributed by atoms with van der Waals surface area (Å²) in [6, 6.07) is 12.0. The minimum Gasteiger partial charge on any atom is -0.454 e. The number of benzene rings is 2. The maximum atomic E-state index is 13.5. The lowest BCUT2D eigenvalue weighted by molar-refractivity contribution is 0.174. The van der Waals surface area contributed by atoms with Gasteiger partial charge in [-0.15, -0.1) is 0 Å². The lowest BCUT2D eigenvalue weighted by Crippen LogP contribution is -2.02. The molecule has 1 heterocycles. The van der Waals surface area contributed by atoms with Gasteiger partial charge in [-0.3, -0.25) is 0 Å². The van der Waals surface area contributed by atoms with Gasteiger partial charge in [-0.1, -0.05) is 12.1 Å². The maximum absolute atomic E-state index is 13.5. The number of hydrogen-bond acceptors (Lipinski definition) is 4. The van der Waals surface area contributed by atoms with Crippen LogP contribution in [-0.4, -0.2) is 6.79 Å². The summed E-state index contributed by atoms with van der Waals surface area (Å²) in [6.07, 6.45) is 0. The largest absolute Gasteiger partial charge is 0.454 e. The van der Waals surface area contributed by atoms with Gasteiger partial charge in [0.1, 0.15) is 17.4 Å². The molecule has 100 valence electrons. The van der Waals surface area contributed by atoms with Crippen LogP contribution in [0.25, 0.3) is 0 Å². The van der Waals surface area contributed by atoms with Crippen LogP contribution in [-0.2, 0) is 6.54 Å². The lowest BCUT2D eigenvalue weighted by atomic mass is 10.1. The monoisotopic (exact) mass is 270 g/mol. The number of halogens is 1. The molecular weight excluding hydrogens is 259 g/mol. The SMILES string of the molecule is N#Cc1c(F)cccc1NCc1ccc2c(c1)OCO2. The molecule has 0 amide bonds. The van der Waals surface area contributed by atoms with Gasteiger partial charge in [-0.2, -0.15) is 5.26 Å². The highest BCUT2D eigenvalue weighted by molar-refractivity contribution is 5.58. The van der Waals surface area contributed by atoms with E-state index in [1.165, 1.54) is 6.07 Å². The van der Waals surface area contributed by atoms with Gasteiger partial charge in [0.2, 0.25) is 6.79 Å². The van der Waals surface area contributed by atoms with E-state index in [1.807, 2.05) is 24.3 Å². The second-order valence-electron chi connectivity index (χ2n) is 4.32. The van der Waals surface area contributed by atoms with E-state index in [9.17, 15) is 4.39 Å². The molecule has 20 heavy (non-hydrogen) atoms. The lowest BCUT2D eigenvalue weighted by Gasteiger charge is -2.09. The third-order valence-electron chi connectivity index (χ3n) is 3.05. The van der Waals surface area contributed by atoms with Crippen molar-refractivity contribution < 1.29 is 13.9 Å².